The van der Waals surface area contributed by atoms with Gasteiger partial charge in [0.15, 0.2) is 5.69 Å². The number of rotatable bonds is 7. The number of carbonyl (C=O) groups is 1. The molecule has 0 aliphatic carbocycles. The first kappa shape index (κ1) is 21.2. The molecule has 1 aromatic carbocycles. The van der Waals surface area contributed by atoms with E-state index in [4.69, 9.17) is 11.6 Å². The first-order valence-corrected chi connectivity index (χ1v) is 9.85. The second-order valence-corrected chi connectivity index (χ2v) is 7.44. The third kappa shape index (κ3) is 4.49. The number of nitrogens with zero attached hydrogens (tertiary/aromatic N) is 8. The van der Waals surface area contributed by atoms with E-state index < -0.39 is 10.8 Å². The highest BCUT2D eigenvalue weighted by Crippen LogP contribution is 2.21. The van der Waals surface area contributed by atoms with E-state index in [1.165, 1.54) is 21.8 Å². The van der Waals surface area contributed by atoms with Gasteiger partial charge < -0.3 is 0 Å². The molecule has 32 heavy (non-hydrogen) atoms. The molecule has 3 aromatic heterocycles. The van der Waals surface area contributed by atoms with E-state index in [-0.39, 0.29) is 24.0 Å². The summed E-state index contributed by atoms with van der Waals surface area (Å²) in [5, 5.41) is 27.0. The summed E-state index contributed by atoms with van der Waals surface area (Å²) in [6.45, 7) is 3.76. The minimum Gasteiger partial charge on any atom is -0.288 e. The summed E-state index contributed by atoms with van der Waals surface area (Å²) in [7, 11) is 0. The summed E-state index contributed by atoms with van der Waals surface area (Å²) >= 11 is 5.99. The average Bonchev–Trinajstić information content (AvgIpc) is 3.42. The fourth-order valence-electron chi connectivity index (χ4n) is 3.20. The van der Waals surface area contributed by atoms with Crippen molar-refractivity contribution in [2.24, 2.45) is 0 Å². The number of hydrogen-bond acceptors (Lipinski definition) is 7. The van der Waals surface area contributed by atoms with Crippen LogP contribution in [0.5, 0.6) is 0 Å². The molecule has 1 amide bonds. The van der Waals surface area contributed by atoms with Gasteiger partial charge in [-0.1, -0.05) is 23.7 Å². The van der Waals surface area contributed by atoms with Crippen LogP contribution in [0.15, 0.2) is 42.9 Å². The lowest BCUT2D eigenvalue weighted by Gasteiger charge is -2.04. The van der Waals surface area contributed by atoms with Gasteiger partial charge in [0.1, 0.15) is 24.4 Å². The van der Waals surface area contributed by atoms with E-state index in [1.54, 1.807) is 30.8 Å². The van der Waals surface area contributed by atoms with Crippen LogP contribution in [-0.4, -0.2) is 45.2 Å². The van der Waals surface area contributed by atoms with Crippen LogP contribution in [0.1, 0.15) is 27.4 Å². The lowest BCUT2D eigenvalue weighted by Crippen LogP contribution is -2.16. The molecule has 3 heterocycles. The maximum Gasteiger partial charge on any atom is 0.312 e. The molecule has 4 aromatic rings. The average molecular weight is 456 g/mol. The summed E-state index contributed by atoms with van der Waals surface area (Å²) < 4.78 is 4.50. The molecule has 12 nitrogen and oxygen atoms in total. The first-order valence-electron chi connectivity index (χ1n) is 9.47. The van der Waals surface area contributed by atoms with Gasteiger partial charge in [-0.25, -0.2) is 14.3 Å². The molecule has 13 heteroatoms. The number of hydrogen-bond donors (Lipinski definition) is 1. The Labute approximate surface area is 186 Å². The lowest BCUT2D eigenvalue weighted by atomic mass is 10.2. The SMILES string of the molecule is Cc1nn(Cn2ccc(C(=O)Nc3ncn(Cc4cccc(Cl)c4)n3)n2)c(C)c1[N+](=O)[O-]. The van der Waals surface area contributed by atoms with Crippen molar-refractivity contribution in [1.29, 1.82) is 0 Å². The van der Waals surface area contributed by atoms with E-state index >= 15 is 0 Å². The summed E-state index contributed by atoms with van der Waals surface area (Å²) in [5.41, 5.74) is 1.78. The van der Waals surface area contributed by atoms with Crippen molar-refractivity contribution in [3.8, 4) is 0 Å². The van der Waals surface area contributed by atoms with Gasteiger partial charge in [0.05, 0.1) is 11.5 Å². The van der Waals surface area contributed by atoms with Crippen LogP contribution in [0.2, 0.25) is 5.02 Å². The number of aryl methyl sites for hydroxylation is 1. The third-order valence-corrected chi connectivity index (χ3v) is 4.91. The highest BCUT2D eigenvalue weighted by atomic mass is 35.5. The molecule has 0 radical (unpaired) electrons. The van der Waals surface area contributed by atoms with Gasteiger partial charge >= 0.3 is 5.69 Å². The molecule has 164 valence electrons. The quantitative estimate of drug-likeness (QED) is 0.334. The first-order chi connectivity index (χ1) is 15.3. The Kier molecular flexibility index (Phi) is 5.69. The van der Waals surface area contributed by atoms with Crippen molar-refractivity contribution in [1.82, 2.24) is 34.3 Å². The Morgan fingerprint density at radius 1 is 1.19 bits per heavy atom. The molecule has 4 rings (SSSR count). The van der Waals surface area contributed by atoms with Crippen LogP contribution in [0, 0.1) is 24.0 Å². The molecule has 0 unspecified atom stereocenters. The number of nitrogens with one attached hydrogen (secondary N) is 1. The number of aromatic nitrogens is 7. The van der Waals surface area contributed by atoms with Crippen LogP contribution in [0.4, 0.5) is 11.6 Å². The van der Waals surface area contributed by atoms with Crippen LogP contribution < -0.4 is 5.32 Å². The monoisotopic (exact) mass is 455 g/mol. The van der Waals surface area contributed by atoms with Crippen LogP contribution in [0.25, 0.3) is 0 Å². The van der Waals surface area contributed by atoms with Crippen LogP contribution >= 0.6 is 11.6 Å². The van der Waals surface area contributed by atoms with Crippen molar-refractivity contribution in [3.05, 3.63) is 80.6 Å². The Hall–Kier alpha value is -4.06. The lowest BCUT2D eigenvalue weighted by molar-refractivity contribution is -0.386. The van der Waals surface area contributed by atoms with E-state index in [2.05, 4.69) is 25.6 Å². The topological polar surface area (TPSA) is 139 Å². The molecule has 0 saturated heterocycles. The van der Waals surface area contributed by atoms with E-state index in [9.17, 15) is 14.9 Å². The van der Waals surface area contributed by atoms with E-state index in [1.807, 2.05) is 18.2 Å². The molecular formula is C19H18ClN9O3. The molecule has 0 fully saturated rings. The molecular weight excluding hydrogens is 438 g/mol. The molecule has 0 atom stereocenters. The highest BCUT2D eigenvalue weighted by molar-refractivity contribution is 6.30. The van der Waals surface area contributed by atoms with Crippen molar-refractivity contribution >= 4 is 29.1 Å². The summed E-state index contributed by atoms with van der Waals surface area (Å²) in [5.74, 6) is -0.343. The zero-order valence-corrected chi connectivity index (χ0v) is 17.9. The van der Waals surface area contributed by atoms with Crippen LogP contribution in [0.3, 0.4) is 0 Å². The van der Waals surface area contributed by atoms with Crippen molar-refractivity contribution in [2.75, 3.05) is 5.32 Å². The predicted molar refractivity (Wildman–Crippen MR) is 115 cm³/mol. The molecule has 1 N–H and O–H groups in total. The molecule has 0 spiro atoms. The number of anilines is 1. The maximum absolute atomic E-state index is 12.5. The largest absolute Gasteiger partial charge is 0.312 e. The number of halogens is 1. The van der Waals surface area contributed by atoms with E-state index in [0.29, 0.717) is 23.0 Å². The predicted octanol–water partition coefficient (Wildman–Crippen LogP) is 2.66. The van der Waals surface area contributed by atoms with Gasteiger partial charge in [-0.15, -0.1) is 5.10 Å². The number of benzene rings is 1. The maximum atomic E-state index is 12.5. The summed E-state index contributed by atoms with van der Waals surface area (Å²) in [6, 6.07) is 8.89. The second kappa shape index (κ2) is 8.59. The Bertz CT molecular complexity index is 1310. The van der Waals surface area contributed by atoms with Gasteiger partial charge in [-0.05, 0) is 37.6 Å². The van der Waals surface area contributed by atoms with Gasteiger partial charge in [0.25, 0.3) is 5.91 Å². The standard InChI is InChI=1S/C19H18ClN9O3/c1-12-17(29(31)32)13(2)28(23-12)11-26-7-6-16(24-26)18(30)22-19-21-10-27(25-19)9-14-4-3-5-15(20)8-14/h3-8,10H,9,11H2,1-2H3,(H,22,25,30). The fraction of sp³-hybridized carbons (Fsp3) is 0.211. The third-order valence-electron chi connectivity index (χ3n) is 4.67. The summed E-state index contributed by atoms with van der Waals surface area (Å²) in [6.07, 6.45) is 3.09. The van der Waals surface area contributed by atoms with Crippen LogP contribution in [-0.2, 0) is 13.2 Å². The normalized spacial score (nSPS) is 11.0. The van der Waals surface area contributed by atoms with Crippen molar-refractivity contribution in [3.63, 3.8) is 0 Å². The minimum absolute atomic E-state index is 0.0328. The Morgan fingerprint density at radius 2 is 2.00 bits per heavy atom. The second-order valence-electron chi connectivity index (χ2n) is 7.01. The number of nitro groups is 1. The Balaban J connectivity index is 1.41. The zero-order valence-electron chi connectivity index (χ0n) is 17.1. The van der Waals surface area contributed by atoms with Gasteiger partial charge in [0.2, 0.25) is 5.95 Å². The smallest absolute Gasteiger partial charge is 0.288 e. The Morgan fingerprint density at radius 3 is 2.72 bits per heavy atom. The van der Waals surface area contributed by atoms with Gasteiger partial charge in [-0.3, -0.25) is 24.9 Å². The molecule has 0 aliphatic rings. The van der Waals surface area contributed by atoms with Crippen molar-refractivity contribution in [2.45, 2.75) is 27.1 Å². The number of carbonyl (C=O) groups excluding carboxylic acids is 1. The molecule has 0 aliphatic heterocycles. The van der Waals surface area contributed by atoms with Gasteiger partial charge in [-0.2, -0.15) is 10.2 Å². The summed E-state index contributed by atoms with van der Waals surface area (Å²) in [4.78, 5) is 27.3. The van der Waals surface area contributed by atoms with E-state index in [0.717, 1.165) is 5.56 Å². The molecule has 0 saturated carbocycles. The fourth-order valence-corrected chi connectivity index (χ4v) is 3.42. The van der Waals surface area contributed by atoms with Crippen molar-refractivity contribution < 1.29 is 9.72 Å². The zero-order chi connectivity index (χ0) is 22.8. The van der Waals surface area contributed by atoms with Gasteiger partial charge in [0, 0.05) is 11.2 Å². The minimum atomic E-state index is -0.483. The molecule has 0 bridgehead atoms. The number of amides is 1. The highest BCUT2D eigenvalue weighted by Gasteiger charge is 2.22.